The normalized spacial score (nSPS) is 17.3. The first-order valence-electron chi connectivity index (χ1n) is 9.58. The topological polar surface area (TPSA) is 75.7 Å². The van der Waals surface area contributed by atoms with Gasteiger partial charge in [-0.1, -0.05) is 31.4 Å². The zero-order chi connectivity index (χ0) is 19.1. The third-order valence-electron chi connectivity index (χ3n) is 5.02. The number of nitrogens with zero attached hydrogens (tertiary/aromatic N) is 1. The zero-order valence-electron chi connectivity index (χ0n) is 15.4. The van der Waals surface area contributed by atoms with Crippen molar-refractivity contribution in [2.75, 3.05) is 30.3 Å². The predicted molar refractivity (Wildman–Crippen MR) is 105 cm³/mol. The molecule has 1 aliphatic heterocycles. The molecule has 1 heterocycles. The number of carbonyl (C=O) groups excluding carboxylic acids is 3. The van der Waals surface area contributed by atoms with Gasteiger partial charge >= 0.3 is 5.97 Å². The summed E-state index contributed by atoms with van der Waals surface area (Å²) in [5, 5.41) is 2.85. The molecule has 27 heavy (non-hydrogen) atoms. The number of fused-ring (bicyclic) bond motifs is 1. The number of anilines is 1. The molecule has 7 heteroatoms. The standard InChI is InChI=1S/C20H26N2O4S/c23-18(21-12-15-6-2-1-3-7-15)13-26-20(25)10-11-22-16-8-4-5-9-17(16)27-14-19(22)24/h4-5,8-9,15H,1-3,6-7,10-14H2,(H,21,23). The summed E-state index contributed by atoms with van der Waals surface area (Å²) in [6.45, 7) is 0.665. The van der Waals surface area contributed by atoms with E-state index in [0.717, 1.165) is 23.4 Å². The molecule has 0 radical (unpaired) electrons. The average molecular weight is 391 g/mol. The van der Waals surface area contributed by atoms with Gasteiger partial charge in [-0.05, 0) is 30.9 Å². The SMILES string of the molecule is O=C(COC(=O)CCN1C(=O)CSc2ccccc21)NCC1CCCCC1. The van der Waals surface area contributed by atoms with E-state index in [1.807, 2.05) is 24.3 Å². The highest BCUT2D eigenvalue weighted by Gasteiger charge is 2.25. The Morgan fingerprint density at radius 2 is 1.96 bits per heavy atom. The second kappa shape index (κ2) is 9.78. The second-order valence-corrected chi connectivity index (χ2v) is 8.04. The van der Waals surface area contributed by atoms with E-state index in [4.69, 9.17) is 4.74 Å². The first kappa shape index (κ1) is 19.7. The summed E-state index contributed by atoms with van der Waals surface area (Å²) < 4.78 is 5.06. The van der Waals surface area contributed by atoms with Gasteiger partial charge in [0.1, 0.15) is 0 Å². The summed E-state index contributed by atoms with van der Waals surface area (Å²) in [6.07, 6.45) is 6.12. The first-order valence-corrected chi connectivity index (χ1v) is 10.6. The van der Waals surface area contributed by atoms with Crippen molar-refractivity contribution in [2.45, 2.75) is 43.4 Å². The minimum atomic E-state index is -0.466. The van der Waals surface area contributed by atoms with Gasteiger partial charge in [0.15, 0.2) is 6.61 Å². The van der Waals surface area contributed by atoms with Crippen molar-refractivity contribution in [2.24, 2.45) is 5.92 Å². The monoisotopic (exact) mass is 390 g/mol. The average Bonchev–Trinajstić information content (AvgIpc) is 2.70. The number of carbonyl (C=O) groups is 3. The minimum absolute atomic E-state index is 0.0169. The number of amides is 2. The van der Waals surface area contributed by atoms with Crippen molar-refractivity contribution in [3.63, 3.8) is 0 Å². The molecular formula is C20H26N2O4S. The van der Waals surface area contributed by atoms with Crippen LogP contribution in [0.3, 0.4) is 0 Å². The van der Waals surface area contributed by atoms with Crippen LogP contribution in [0.4, 0.5) is 5.69 Å². The molecule has 0 saturated heterocycles. The number of rotatable bonds is 7. The molecule has 0 bridgehead atoms. The van der Waals surface area contributed by atoms with Gasteiger partial charge in [-0.15, -0.1) is 11.8 Å². The lowest BCUT2D eigenvalue weighted by molar-refractivity contribution is -0.148. The molecule has 1 aromatic rings. The van der Waals surface area contributed by atoms with Crippen LogP contribution < -0.4 is 10.2 Å². The van der Waals surface area contributed by atoms with Crippen LogP contribution in [0.25, 0.3) is 0 Å². The van der Waals surface area contributed by atoms with Crippen molar-refractivity contribution in [3.05, 3.63) is 24.3 Å². The van der Waals surface area contributed by atoms with Crippen molar-refractivity contribution >= 4 is 35.2 Å². The van der Waals surface area contributed by atoms with Gasteiger partial charge in [0.2, 0.25) is 5.91 Å². The number of thioether (sulfide) groups is 1. The lowest BCUT2D eigenvalue weighted by Crippen LogP contribution is -2.37. The van der Waals surface area contributed by atoms with Crippen LogP contribution in [0.15, 0.2) is 29.2 Å². The number of nitrogens with one attached hydrogen (secondary N) is 1. The zero-order valence-corrected chi connectivity index (χ0v) is 16.3. The smallest absolute Gasteiger partial charge is 0.308 e. The lowest BCUT2D eigenvalue weighted by atomic mass is 9.89. The fourth-order valence-electron chi connectivity index (χ4n) is 3.52. The van der Waals surface area contributed by atoms with E-state index in [-0.39, 0.29) is 31.4 Å². The van der Waals surface area contributed by atoms with Crippen LogP contribution in [0.2, 0.25) is 0 Å². The molecule has 6 nitrogen and oxygen atoms in total. The van der Waals surface area contributed by atoms with Crippen LogP contribution in [0, 0.1) is 5.92 Å². The maximum absolute atomic E-state index is 12.2. The Labute approximate surface area is 164 Å². The second-order valence-electron chi connectivity index (χ2n) is 7.02. The highest BCUT2D eigenvalue weighted by molar-refractivity contribution is 8.00. The van der Waals surface area contributed by atoms with Crippen LogP contribution in [-0.4, -0.2) is 43.2 Å². The lowest BCUT2D eigenvalue weighted by Gasteiger charge is -2.28. The molecule has 2 amide bonds. The Hall–Kier alpha value is -2.02. The molecule has 0 aromatic heterocycles. The van der Waals surface area contributed by atoms with Gasteiger partial charge in [0.25, 0.3) is 5.91 Å². The summed E-state index contributed by atoms with van der Waals surface area (Å²) in [5.74, 6) is 0.171. The van der Waals surface area contributed by atoms with Crippen LogP contribution in [-0.2, 0) is 19.1 Å². The first-order chi connectivity index (χ1) is 13.1. The van der Waals surface area contributed by atoms with Gasteiger partial charge in [-0.25, -0.2) is 0 Å². The molecule has 146 valence electrons. The van der Waals surface area contributed by atoms with E-state index >= 15 is 0 Å². The maximum Gasteiger partial charge on any atom is 0.308 e. The van der Waals surface area contributed by atoms with Gasteiger partial charge < -0.3 is 15.0 Å². The van der Waals surface area contributed by atoms with E-state index in [2.05, 4.69) is 5.32 Å². The third-order valence-corrected chi connectivity index (χ3v) is 6.07. The van der Waals surface area contributed by atoms with E-state index in [9.17, 15) is 14.4 Å². The summed E-state index contributed by atoms with van der Waals surface area (Å²) in [7, 11) is 0. The summed E-state index contributed by atoms with van der Waals surface area (Å²) in [6, 6.07) is 7.65. The highest BCUT2D eigenvalue weighted by atomic mass is 32.2. The van der Waals surface area contributed by atoms with E-state index in [1.54, 1.807) is 4.90 Å². The van der Waals surface area contributed by atoms with Gasteiger partial charge in [-0.3, -0.25) is 14.4 Å². The van der Waals surface area contributed by atoms with Crippen LogP contribution >= 0.6 is 11.8 Å². The highest BCUT2D eigenvalue weighted by Crippen LogP contribution is 2.34. The molecule has 0 atom stereocenters. The number of esters is 1. The molecule has 1 N–H and O–H groups in total. The predicted octanol–water partition coefficient (Wildman–Crippen LogP) is 2.76. The molecule has 1 saturated carbocycles. The van der Waals surface area contributed by atoms with Crippen molar-refractivity contribution in [3.8, 4) is 0 Å². The quantitative estimate of drug-likeness (QED) is 0.725. The fraction of sp³-hybridized carbons (Fsp3) is 0.550. The Morgan fingerprint density at radius 3 is 2.78 bits per heavy atom. The molecule has 0 spiro atoms. The number of hydrogen-bond donors (Lipinski definition) is 1. The Kier molecular flexibility index (Phi) is 7.15. The van der Waals surface area contributed by atoms with E-state index in [0.29, 0.717) is 18.2 Å². The summed E-state index contributed by atoms with van der Waals surface area (Å²) >= 11 is 1.51. The minimum Gasteiger partial charge on any atom is -0.456 e. The maximum atomic E-state index is 12.2. The number of hydrogen-bond acceptors (Lipinski definition) is 5. The third kappa shape index (κ3) is 5.73. The van der Waals surface area contributed by atoms with E-state index < -0.39 is 5.97 Å². The van der Waals surface area contributed by atoms with Crippen molar-refractivity contribution in [1.29, 1.82) is 0 Å². The molecule has 1 aliphatic carbocycles. The van der Waals surface area contributed by atoms with Crippen molar-refractivity contribution in [1.82, 2.24) is 5.32 Å². The van der Waals surface area contributed by atoms with Crippen molar-refractivity contribution < 1.29 is 19.1 Å². The molecule has 1 aromatic carbocycles. The van der Waals surface area contributed by atoms with Crippen LogP contribution in [0.1, 0.15) is 38.5 Å². The fourth-order valence-corrected chi connectivity index (χ4v) is 4.46. The van der Waals surface area contributed by atoms with Gasteiger partial charge in [0, 0.05) is 18.0 Å². The molecule has 3 rings (SSSR count). The Morgan fingerprint density at radius 1 is 1.19 bits per heavy atom. The number of benzene rings is 1. The number of para-hydroxylation sites is 1. The molecule has 1 fully saturated rings. The summed E-state index contributed by atoms with van der Waals surface area (Å²) in [4.78, 5) is 38.6. The number of ether oxygens (including phenoxy) is 1. The molecule has 0 unspecified atom stereocenters. The Balaban J connectivity index is 1.38. The Bertz CT molecular complexity index is 688. The van der Waals surface area contributed by atoms with Gasteiger partial charge in [0.05, 0.1) is 17.9 Å². The molecular weight excluding hydrogens is 364 g/mol. The summed E-state index contributed by atoms with van der Waals surface area (Å²) in [5.41, 5.74) is 0.830. The molecule has 2 aliphatic rings. The van der Waals surface area contributed by atoms with E-state index in [1.165, 1.54) is 31.0 Å². The van der Waals surface area contributed by atoms with Gasteiger partial charge in [-0.2, -0.15) is 0 Å². The largest absolute Gasteiger partial charge is 0.456 e. The van der Waals surface area contributed by atoms with Crippen LogP contribution in [0.5, 0.6) is 0 Å².